The highest BCUT2D eigenvalue weighted by atomic mass is 35.5. The lowest BCUT2D eigenvalue weighted by Gasteiger charge is -2.18. The molecule has 1 aliphatic rings. The number of rotatable bonds is 3. The van der Waals surface area contributed by atoms with E-state index in [2.05, 4.69) is 43.4 Å². The molecular weight excluding hydrogens is 266 g/mol. The molecule has 0 aliphatic heterocycles. The summed E-state index contributed by atoms with van der Waals surface area (Å²) in [5.74, 6) is 0. The lowest BCUT2D eigenvalue weighted by Crippen LogP contribution is -2.07. The molecule has 2 aromatic rings. The molecule has 0 saturated heterocycles. The molecule has 104 valence electrons. The highest BCUT2D eigenvalue weighted by Crippen LogP contribution is 2.29. The van der Waals surface area contributed by atoms with Crippen LogP contribution in [0.25, 0.3) is 0 Å². The Labute approximate surface area is 126 Å². The molecule has 1 nitrogen and oxygen atoms in total. The second kappa shape index (κ2) is 5.49. The van der Waals surface area contributed by atoms with Crippen LogP contribution in [0.3, 0.4) is 0 Å². The number of aryl methyl sites for hydroxylation is 3. The Balaban J connectivity index is 1.82. The van der Waals surface area contributed by atoms with Crippen LogP contribution in [0.5, 0.6) is 0 Å². The second-order valence-corrected chi connectivity index (χ2v) is 6.14. The zero-order chi connectivity index (χ0) is 14.1. The van der Waals surface area contributed by atoms with Gasteiger partial charge in [0, 0.05) is 6.04 Å². The van der Waals surface area contributed by atoms with Crippen molar-refractivity contribution < 1.29 is 0 Å². The highest BCUT2D eigenvalue weighted by molar-refractivity contribution is 6.33. The number of benzene rings is 2. The molecule has 0 heterocycles. The third kappa shape index (κ3) is 2.69. The first-order valence-corrected chi connectivity index (χ1v) is 7.65. The topological polar surface area (TPSA) is 12.0 Å². The molecule has 0 radical (unpaired) electrons. The van der Waals surface area contributed by atoms with E-state index in [4.69, 9.17) is 11.6 Å². The van der Waals surface area contributed by atoms with Crippen LogP contribution in [0.2, 0.25) is 5.02 Å². The Hall–Kier alpha value is -1.47. The average molecular weight is 286 g/mol. The maximum absolute atomic E-state index is 6.26. The van der Waals surface area contributed by atoms with Gasteiger partial charge in [-0.25, -0.2) is 0 Å². The first-order valence-electron chi connectivity index (χ1n) is 7.28. The summed E-state index contributed by atoms with van der Waals surface area (Å²) in [4.78, 5) is 0. The predicted octanol–water partition coefficient (Wildman–Crippen LogP) is 5.31. The van der Waals surface area contributed by atoms with Crippen molar-refractivity contribution in [1.29, 1.82) is 0 Å². The van der Waals surface area contributed by atoms with E-state index < -0.39 is 0 Å². The van der Waals surface area contributed by atoms with Crippen molar-refractivity contribution in [1.82, 2.24) is 0 Å². The van der Waals surface area contributed by atoms with Gasteiger partial charge in [0.1, 0.15) is 0 Å². The van der Waals surface area contributed by atoms with Crippen LogP contribution in [-0.4, -0.2) is 0 Å². The van der Waals surface area contributed by atoms with Crippen molar-refractivity contribution in [3.8, 4) is 0 Å². The van der Waals surface area contributed by atoms with Gasteiger partial charge in [-0.2, -0.15) is 0 Å². The molecule has 1 N–H and O–H groups in total. The van der Waals surface area contributed by atoms with Gasteiger partial charge in [0.2, 0.25) is 0 Å². The first-order chi connectivity index (χ1) is 9.63. The summed E-state index contributed by atoms with van der Waals surface area (Å²) >= 11 is 6.26. The van der Waals surface area contributed by atoms with E-state index in [1.54, 1.807) is 0 Å². The van der Waals surface area contributed by atoms with Gasteiger partial charge in [-0.05, 0) is 67.5 Å². The van der Waals surface area contributed by atoms with E-state index in [0.29, 0.717) is 0 Å². The van der Waals surface area contributed by atoms with E-state index in [1.165, 1.54) is 41.5 Å². The lowest BCUT2D eigenvalue weighted by molar-refractivity contribution is 0.879. The number of anilines is 1. The molecule has 0 amide bonds. The monoisotopic (exact) mass is 285 g/mol. The van der Waals surface area contributed by atoms with Crippen LogP contribution in [0.15, 0.2) is 36.4 Å². The summed E-state index contributed by atoms with van der Waals surface area (Å²) in [5, 5.41) is 4.31. The average Bonchev–Trinajstić information content (AvgIpc) is 2.90. The number of hydrogen-bond donors (Lipinski definition) is 1. The molecule has 1 unspecified atom stereocenters. The van der Waals surface area contributed by atoms with Gasteiger partial charge in [0.05, 0.1) is 10.7 Å². The van der Waals surface area contributed by atoms with Gasteiger partial charge >= 0.3 is 0 Å². The van der Waals surface area contributed by atoms with Crippen molar-refractivity contribution in [3.63, 3.8) is 0 Å². The molecule has 0 fully saturated rings. The van der Waals surface area contributed by atoms with Gasteiger partial charge in [-0.1, -0.05) is 35.9 Å². The van der Waals surface area contributed by atoms with Gasteiger partial charge in [-0.15, -0.1) is 0 Å². The highest BCUT2D eigenvalue weighted by Gasteiger charge is 2.14. The fourth-order valence-corrected chi connectivity index (χ4v) is 3.10. The largest absolute Gasteiger partial charge is 0.377 e. The Morgan fingerprint density at radius 1 is 1.05 bits per heavy atom. The van der Waals surface area contributed by atoms with Crippen LogP contribution in [0.1, 0.15) is 41.6 Å². The minimum absolute atomic E-state index is 0.264. The molecule has 20 heavy (non-hydrogen) atoms. The molecule has 0 aromatic heterocycles. The number of hydrogen-bond acceptors (Lipinski definition) is 1. The zero-order valence-electron chi connectivity index (χ0n) is 12.0. The molecule has 0 saturated carbocycles. The first kappa shape index (κ1) is 13.5. The minimum Gasteiger partial charge on any atom is -0.377 e. The summed E-state index contributed by atoms with van der Waals surface area (Å²) in [5.41, 5.74) is 6.61. The van der Waals surface area contributed by atoms with Crippen molar-refractivity contribution in [2.24, 2.45) is 0 Å². The van der Waals surface area contributed by atoms with Crippen molar-refractivity contribution in [2.75, 3.05) is 5.32 Å². The molecule has 2 aromatic carbocycles. The fraction of sp³-hybridized carbons (Fsp3) is 0.333. The quantitative estimate of drug-likeness (QED) is 0.806. The Morgan fingerprint density at radius 2 is 1.85 bits per heavy atom. The van der Waals surface area contributed by atoms with Crippen molar-refractivity contribution in [2.45, 2.75) is 39.2 Å². The number of nitrogens with one attached hydrogen (secondary N) is 1. The third-order valence-corrected chi connectivity index (χ3v) is 4.45. The minimum atomic E-state index is 0.264. The smallest absolute Gasteiger partial charge is 0.0637 e. The van der Waals surface area contributed by atoms with Crippen molar-refractivity contribution >= 4 is 17.3 Å². The Bertz CT molecular complexity index is 633. The predicted molar refractivity (Wildman–Crippen MR) is 86.7 cm³/mol. The number of fused-ring (bicyclic) bond motifs is 1. The SMILES string of the molecule is Cc1ccc(Cl)c(NC(C)c2ccc3c(c2)CCC3)c1. The summed E-state index contributed by atoms with van der Waals surface area (Å²) < 4.78 is 0. The maximum Gasteiger partial charge on any atom is 0.0637 e. The van der Waals surface area contributed by atoms with Crippen LogP contribution in [0, 0.1) is 6.92 Å². The van der Waals surface area contributed by atoms with Gasteiger partial charge in [0.25, 0.3) is 0 Å². The van der Waals surface area contributed by atoms with E-state index in [9.17, 15) is 0 Å². The fourth-order valence-electron chi connectivity index (χ4n) is 2.93. The van der Waals surface area contributed by atoms with E-state index in [0.717, 1.165) is 10.7 Å². The van der Waals surface area contributed by atoms with Gasteiger partial charge in [0.15, 0.2) is 0 Å². The normalized spacial score (nSPS) is 14.9. The van der Waals surface area contributed by atoms with Crippen LogP contribution >= 0.6 is 11.6 Å². The molecule has 0 spiro atoms. The van der Waals surface area contributed by atoms with Crippen LogP contribution in [-0.2, 0) is 12.8 Å². The summed E-state index contributed by atoms with van der Waals surface area (Å²) in [6.45, 7) is 4.27. The third-order valence-electron chi connectivity index (χ3n) is 4.12. The summed E-state index contributed by atoms with van der Waals surface area (Å²) in [6, 6.07) is 13.2. The lowest BCUT2D eigenvalue weighted by atomic mass is 10.0. The van der Waals surface area contributed by atoms with E-state index in [1.807, 2.05) is 12.1 Å². The second-order valence-electron chi connectivity index (χ2n) is 5.73. The molecule has 2 heteroatoms. The molecule has 1 aliphatic carbocycles. The molecule has 3 rings (SSSR count). The Morgan fingerprint density at radius 3 is 2.70 bits per heavy atom. The summed E-state index contributed by atoms with van der Waals surface area (Å²) in [6.07, 6.45) is 3.76. The standard InChI is InChI=1S/C18H20ClN/c1-12-6-9-17(19)18(10-12)20-13(2)15-8-7-14-4-3-5-16(14)11-15/h6-11,13,20H,3-5H2,1-2H3. The van der Waals surface area contributed by atoms with E-state index >= 15 is 0 Å². The molecular formula is C18H20ClN. The van der Waals surface area contributed by atoms with Gasteiger partial charge < -0.3 is 5.32 Å². The Kier molecular flexibility index (Phi) is 3.71. The molecule has 1 atom stereocenters. The summed E-state index contributed by atoms with van der Waals surface area (Å²) in [7, 11) is 0. The maximum atomic E-state index is 6.26. The van der Waals surface area contributed by atoms with Crippen LogP contribution < -0.4 is 5.32 Å². The molecule has 0 bridgehead atoms. The van der Waals surface area contributed by atoms with Crippen molar-refractivity contribution in [3.05, 3.63) is 63.7 Å². The van der Waals surface area contributed by atoms with Gasteiger partial charge in [-0.3, -0.25) is 0 Å². The number of halogens is 1. The van der Waals surface area contributed by atoms with E-state index in [-0.39, 0.29) is 6.04 Å². The zero-order valence-corrected chi connectivity index (χ0v) is 12.8. The van der Waals surface area contributed by atoms with Crippen LogP contribution in [0.4, 0.5) is 5.69 Å².